The van der Waals surface area contributed by atoms with Gasteiger partial charge in [0.05, 0.1) is 16.8 Å². The number of hydrogen-bond donors (Lipinski definition) is 0. The number of piperazine rings is 1. The molecule has 0 bridgehead atoms. The normalized spacial score (nSPS) is 16.4. The Morgan fingerprint density at radius 1 is 0.947 bits per heavy atom. The molecule has 0 aliphatic carbocycles. The van der Waals surface area contributed by atoms with E-state index in [0.29, 0.717) is 11.2 Å². The van der Waals surface area contributed by atoms with Crippen LogP contribution in [-0.2, 0) is 12.6 Å². The molecule has 8 heteroatoms. The molecule has 1 unspecified atom stereocenters. The van der Waals surface area contributed by atoms with Gasteiger partial charge >= 0.3 is 6.18 Å². The second kappa shape index (κ2) is 11.2. The van der Waals surface area contributed by atoms with Crippen molar-refractivity contribution in [3.63, 3.8) is 0 Å². The fourth-order valence-corrected chi connectivity index (χ4v) is 5.10. The van der Waals surface area contributed by atoms with Crippen molar-refractivity contribution in [2.24, 2.45) is 0 Å². The standard InChI is InChI=1S/C28H28F4N4.C2H6/c1-18-13-21(28(30,31)32)15-26(27(18)29)36-25-10-9-22(16-24(25)19(2)33-36)35-12-11-34(3)17-23(35)14-20-7-5-4-6-8-20;1-2/h4-10,13,15-16,23H,11-12,14,17H2,1-3H3;1-2H3. The maximum atomic E-state index is 15.0. The molecule has 1 saturated heterocycles. The van der Waals surface area contributed by atoms with E-state index in [-0.39, 0.29) is 17.3 Å². The van der Waals surface area contributed by atoms with E-state index in [0.717, 1.165) is 49.3 Å². The fraction of sp³-hybridized carbons (Fsp3) is 0.367. The number of anilines is 1. The highest BCUT2D eigenvalue weighted by atomic mass is 19.4. The second-order valence-corrected chi connectivity index (χ2v) is 9.62. The topological polar surface area (TPSA) is 24.3 Å². The Labute approximate surface area is 221 Å². The zero-order chi connectivity index (χ0) is 27.6. The lowest BCUT2D eigenvalue weighted by atomic mass is 10.0. The highest BCUT2D eigenvalue weighted by molar-refractivity contribution is 5.87. The molecule has 1 aliphatic rings. The molecule has 0 saturated carbocycles. The smallest absolute Gasteiger partial charge is 0.366 e. The Kier molecular flexibility index (Phi) is 8.11. The largest absolute Gasteiger partial charge is 0.416 e. The summed E-state index contributed by atoms with van der Waals surface area (Å²) in [5.41, 5.74) is 2.34. The van der Waals surface area contributed by atoms with Crippen molar-refractivity contribution in [1.82, 2.24) is 14.7 Å². The first kappa shape index (κ1) is 27.6. The van der Waals surface area contributed by atoms with Gasteiger partial charge in [-0.15, -0.1) is 0 Å². The summed E-state index contributed by atoms with van der Waals surface area (Å²) in [5.74, 6) is -0.710. The zero-order valence-electron chi connectivity index (χ0n) is 22.5. The van der Waals surface area contributed by atoms with E-state index in [9.17, 15) is 13.2 Å². The first-order valence-electron chi connectivity index (χ1n) is 13.0. The molecule has 1 aromatic heterocycles. The van der Waals surface area contributed by atoms with Gasteiger partial charge in [-0.1, -0.05) is 44.2 Å². The van der Waals surface area contributed by atoms with Crippen LogP contribution in [0.15, 0.2) is 60.7 Å². The van der Waals surface area contributed by atoms with Crippen molar-refractivity contribution in [1.29, 1.82) is 0 Å². The summed E-state index contributed by atoms with van der Waals surface area (Å²) in [4.78, 5) is 4.71. The van der Waals surface area contributed by atoms with Crippen molar-refractivity contribution in [2.75, 3.05) is 31.6 Å². The third-order valence-corrected chi connectivity index (χ3v) is 6.97. The summed E-state index contributed by atoms with van der Waals surface area (Å²) >= 11 is 0. The lowest BCUT2D eigenvalue weighted by Crippen LogP contribution is -2.53. The van der Waals surface area contributed by atoms with Crippen LogP contribution in [0, 0.1) is 19.7 Å². The number of fused-ring (bicyclic) bond motifs is 1. The Bertz CT molecular complexity index is 1400. The van der Waals surface area contributed by atoms with Gasteiger partial charge in [-0.05, 0) is 68.8 Å². The molecule has 0 spiro atoms. The fourth-order valence-electron chi connectivity index (χ4n) is 5.10. The van der Waals surface area contributed by atoms with Crippen molar-refractivity contribution >= 4 is 16.6 Å². The van der Waals surface area contributed by atoms with E-state index in [1.807, 2.05) is 50.2 Å². The molecule has 4 aromatic rings. The summed E-state index contributed by atoms with van der Waals surface area (Å²) in [6, 6.07) is 18.1. The summed E-state index contributed by atoms with van der Waals surface area (Å²) in [6.45, 7) is 9.84. The predicted molar refractivity (Wildman–Crippen MR) is 146 cm³/mol. The molecule has 0 radical (unpaired) electrons. The highest BCUT2D eigenvalue weighted by Crippen LogP contribution is 2.35. The molecule has 2 heterocycles. The minimum Gasteiger partial charge on any atom is -0.366 e. The van der Waals surface area contributed by atoms with Gasteiger partial charge in [0.15, 0.2) is 5.82 Å². The van der Waals surface area contributed by atoms with Crippen LogP contribution in [0.3, 0.4) is 0 Å². The summed E-state index contributed by atoms with van der Waals surface area (Å²) in [5, 5.41) is 5.24. The maximum Gasteiger partial charge on any atom is 0.416 e. The predicted octanol–water partition coefficient (Wildman–Crippen LogP) is 7.19. The molecule has 0 N–H and O–H groups in total. The van der Waals surface area contributed by atoms with Crippen molar-refractivity contribution < 1.29 is 17.6 Å². The van der Waals surface area contributed by atoms with E-state index in [1.54, 1.807) is 6.92 Å². The molecule has 1 fully saturated rings. The van der Waals surface area contributed by atoms with Crippen LogP contribution in [0.25, 0.3) is 16.6 Å². The third kappa shape index (κ3) is 5.55. The summed E-state index contributed by atoms with van der Waals surface area (Å²) in [6.07, 6.45) is -3.68. The van der Waals surface area contributed by atoms with Crippen molar-refractivity contribution in [2.45, 2.75) is 46.3 Å². The molecule has 5 rings (SSSR count). The number of benzene rings is 3. The molecule has 202 valence electrons. The monoisotopic (exact) mass is 526 g/mol. The molecule has 1 atom stereocenters. The van der Waals surface area contributed by atoms with Crippen LogP contribution < -0.4 is 4.90 Å². The van der Waals surface area contributed by atoms with Gasteiger partial charge in [0, 0.05) is 36.7 Å². The first-order chi connectivity index (χ1) is 18.1. The quantitative estimate of drug-likeness (QED) is 0.263. The highest BCUT2D eigenvalue weighted by Gasteiger charge is 2.33. The average molecular weight is 527 g/mol. The lowest BCUT2D eigenvalue weighted by Gasteiger charge is -2.42. The number of halogens is 4. The number of hydrogen-bond acceptors (Lipinski definition) is 3. The Hall–Kier alpha value is -3.39. The lowest BCUT2D eigenvalue weighted by molar-refractivity contribution is -0.137. The number of nitrogens with zero attached hydrogens (tertiary/aromatic N) is 4. The Morgan fingerprint density at radius 2 is 1.66 bits per heavy atom. The van der Waals surface area contributed by atoms with Crippen LogP contribution >= 0.6 is 0 Å². The molecular formula is C30H34F4N4. The van der Waals surface area contributed by atoms with Crippen LogP contribution in [0.2, 0.25) is 0 Å². The minimum absolute atomic E-state index is 0.0704. The van der Waals surface area contributed by atoms with E-state index >= 15 is 4.39 Å². The van der Waals surface area contributed by atoms with Crippen LogP contribution in [0.1, 0.15) is 36.2 Å². The van der Waals surface area contributed by atoms with Gasteiger partial charge < -0.3 is 9.80 Å². The maximum absolute atomic E-state index is 15.0. The van der Waals surface area contributed by atoms with E-state index in [1.165, 1.54) is 17.2 Å². The van der Waals surface area contributed by atoms with Gasteiger partial charge in [0.1, 0.15) is 5.69 Å². The first-order valence-corrected chi connectivity index (χ1v) is 13.0. The number of likely N-dealkylation sites (N-methyl/N-ethyl adjacent to an activating group) is 1. The van der Waals surface area contributed by atoms with Crippen LogP contribution in [0.4, 0.5) is 23.2 Å². The molecule has 0 amide bonds. The average Bonchev–Trinajstić information content (AvgIpc) is 3.22. The minimum atomic E-state index is -4.58. The zero-order valence-corrected chi connectivity index (χ0v) is 22.5. The van der Waals surface area contributed by atoms with Crippen LogP contribution in [0.5, 0.6) is 0 Å². The molecule has 38 heavy (non-hydrogen) atoms. The van der Waals surface area contributed by atoms with E-state index in [2.05, 4.69) is 34.1 Å². The van der Waals surface area contributed by atoms with Gasteiger partial charge in [0.25, 0.3) is 0 Å². The van der Waals surface area contributed by atoms with Gasteiger partial charge in [0.2, 0.25) is 0 Å². The number of alkyl halides is 3. The van der Waals surface area contributed by atoms with Crippen molar-refractivity contribution in [3.05, 3.63) is 88.9 Å². The van der Waals surface area contributed by atoms with E-state index in [4.69, 9.17) is 0 Å². The number of aromatic nitrogens is 2. The van der Waals surface area contributed by atoms with Crippen molar-refractivity contribution in [3.8, 4) is 5.69 Å². The molecular weight excluding hydrogens is 492 g/mol. The van der Waals surface area contributed by atoms with Gasteiger partial charge in [-0.25, -0.2) is 9.07 Å². The number of rotatable bonds is 4. The second-order valence-electron chi connectivity index (χ2n) is 9.62. The van der Waals surface area contributed by atoms with Gasteiger partial charge in [-0.2, -0.15) is 18.3 Å². The SMILES string of the molecule is CC.Cc1cc(C(F)(F)F)cc(-n2nc(C)c3cc(N4CCN(C)CC4Cc4ccccc4)ccc32)c1F. The van der Waals surface area contributed by atoms with Crippen LogP contribution in [-0.4, -0.2) is 47.4 Å². The number of aryl methyl sites for hydroxylation is 2. The molecule has 1 aliphatic heterocycles. The Balaban J connectivity index is 0.00000164. The molecule has 3 aromatic carbocycles. The Morgan fingerprint density at radius 3 is 2.34 bits per heavy atom. The summed E-state index contributed by atoms with van der Waals surface area (Å²) in [7, 11) is 2.12. The van der Waals surface area contributed by atoms with Gasteiger partial charge in [-0.3, -0.25) is 0 Å². The van der Waals surface area contributed by atoms with E-state index < -0.39 is 17.6 Å². The third-order valence-electron chi connectivity index (χ3n) is 6.97. The summed E-state index contributed by atoms with van der Waals surface area (Å²) < 4.78 is 56.6. The molecule has 4 nitrogen and oxygen atoms in total.